The first kappa shape index (κ1) is 16.0. The molecule has 2 aromatic rings. The lowest BCUT2D eigenvalue weighted by atomic mass is 10.2. The number of aromatic nitrogens is 3. The largest absolute Gasteiger partial charge is 0.496 e. The second kappa shape index (κ2) is 7.61. The quantitative estimate of drug-likeness (QED) is 0.765. The zero-order chi connectivity index (χ0) is 15.9. The first-order valence-electron chi connectivity index (χ1n) is 6.69. The van der Waals surface area contributed by atoms with Gasteiger partial charge in [-0.15, -0.1) is 0 Å². The summed E-state index contributed by atoms with van der Waals surface area (Å²) in [6.45, 7) is 1.13. The molecule has 0 saturated heterocycles. The van der Waals surface area contributed by atoms with Crippen LogP contribution in [0, 0.1) is 0 Å². The molecular formula is C15H17ClN4O2. The monoisotopic (exact) mass is 320 g/mol. The van der Waals surface area contributed by atoms with Gasteiger partial charge in [0, 0.05) is 30.3 Å². The molecule has 0 N–H and O–H groups in total. The Morgan fingerprint density at radius 2 is 2.32 bits per heavy atom. The number of ether oxygens (including phenoxy) is 1. The van der Waals surface area contributed by atoms with Gasteiger partial charge in [-0.2, -0.15) is 5.10 Å². The van der Waals surface area contributed by atoms with E-state index >= 15 is 0 Å². The predicted molar refractivity (Wildman–Crippen MR) is 84.7 cm³/mol. The predicted octanol–water partition coefficient (Wildman–Crippen LogP) is 2.11. The molecule has 1 aromatic carbocycles. The fourth-order valence-corrected chi connectivity index (χ4v) is 2.02. The van der Waals surface area contributed by atoms with Gasteiger partial charge in [0.15, 0.2) is 0 Å². The Balaban J connectivity index is 1.97. The standard InChI is InChI=1S/C15H17ClN4O2/c1-19(7-8-20-11-17-10-18-20)15(21)6-3-12-9-13(16)4-5-14(12)22-2/h3-6,9-11H,7-8H2,1-2H3/b6-3+. The van der Waals surface area contributed by atoms with Crippen molar-refractivity contribution < 1.29 is 9.53 Å². The first-order chi connectivity index (χ1) is 10.6. The minimum absolute atomic E-state index is 0.109. The van der Waals surface area contributed by atoms with Crippen LogP contribution in [-0.4, -0.2) is 46.3 Å². The van der Waals surface area contributed by atoms with E-state index in [1.165, 1.54) is 12.4 Å². The Hall–Kier alpha value is -2.34. The number of nitrogens with zero attached hydrogens (tertiary/aromatic N) is 4. The molecule has 0 saturated carbocycles. The summed E-state index contributed by atoms with van der Waals surface area (Å²) in [7, 11) is 3.31. The van der Waals surface area contributed by atoms with E-state index in [-0.39, 0.29) is 5.91 Å². The van der Waals surface area contributed by atoms with Gasteiger partial charge < -0.3 is 9.64 Å². The molecule has 1 aromatic heterocycles. The highest BCUT2D eigenvalue weighted by molar-refractivity contribution is 6.30. The molecule has 0 unspecified atom stereocenters. The van der Waals surface area contributed by atoms with E-state index in [2.05, 4.69) is 10.1 Å². The van der Waals surface area contributed by atoms with Crippen LogP contribution in [0.25, 0.3) is 6.08 Å². The highest BCUT2D eigenvalue weighted by Gasteiger charge is 2.06. The Morgan fingerprint density at radius 3 is 3.00 bits per heavy atom. The van der Waals surface area contributed by atoms with E-state index in [0.717, 1.165) is 5.56 Å². The van der Waals surface area contributed by atoms with Crippen molar-refractivity contribution in [3.8, 4) is 5.75 Å². The molecule has 22 heavy (non-hydrogen) atoms. The molecule has 1 heterocycles. The zero-order valence-corrected chi connectivity index (χ0v) is 13.2. The number of rotatable bonds is 6. The minimum atomic E-state index is -0.109. The molecular weight excluding hydrogens is 304 g/mol. The second-order valence-electron chi connectivity index (χ2n) is 4.64. The number of amides is 1. The lowest BCUT2D eigenvalue weighted by Crippen LogP contribution is -2.28. The fourth-order valence-electron chi connectivity index (χ4n) is 1.83. The third kappa shape index (κ3) is 4.33. The molecule has 0 aliphatic carbocycles. The third-order valence-corrected chi connectivity index (χ3v) is 3.34. The summed E-state index contributed by atoms with van der Waals surface area (Å²) in [5.74, 6) is 0.556. The van der Waals surface area contributed by atoms with Crippen LogP contribution in [0.15, 0.2) is 36.9 Å². The average Bonchev–Trinajstić information content (AvgIpc) is 3.03. The highest BCUT2D eigenvalue weighted by atomic mass is 35.5. The van der Waals surface area contributed by atoms with Crippen molar-refractivity contribution in [1.82, 2.24) is 19.7 Å². The van der Waals surface area contributed by atoms with Crippen molar-refractivity contribution in [1.29, 1.82) is 0 Å². The number of methoxy groups -OCH3 is 1. The minimum Gasteiger partial charge on any atom is -0.496 e. The van der Waals surface area contributed by atoms with E-state index < -0.39 is 0 Å². The Morgan fingerprint density at radius 1 is 1.50 bits per heavy atom. The van der Waals surface area contributed by atoms with E-state index in [9.17, 15) is 4.79 Å². The molecule has 0 bridgehead atoms. The average molecular weight is 321 g/mol. The molecule has 0 spiro atoms. The molecule has 2 rings (SSSR count). The van der Waals surface area contributed by atoms with Gasteiger partial charge in [-0.1, -0.05) is 11.6 Å². The van der Waals surface area contributed by atoms with E-state index in [1.54, 1.807) is 54.3 Å². The van der Waals surface area contributed by atoms with Gasteiger partial charge in [-0.3, -0.25) is 9.48 Å². The summed E-state index contributed by atoms with van der Waals surface area (Å²) in [5.41, 5.74) is 0.757. The number of benzene rings is 1. The Bertz CT molecular complexity index is 656. The number of carbonyl (C=O) groups excluding carboxylic acids is 1. The first-order valence-corrected chi connectivity index (χ1v) is 7.07. The number of halogens is 1. The maximum Gasteiger partial charge on any atom is 0.246 e. The molecule has 0 aliphatic rings. The lowest BCUT2D eigenvalue weighted by molar-refractivity contribution is -0.124. The van der Waals surface area contributed by atoms with Crippen molar-refractivity contribution in [2.75, 3.05) is 20.7 Å². The summed E-state index contributed by atoms with van der Waals surface area (Å²) in [4.78, 5) is 17.5. The number of carbonyl (C=O) groups is 1. The molecule has 6 nitrogen and oxygen atoms in total. The zero-order valence-electron chi connectivity index (χ0n) is 12.4. The number of hydrogen-bond donors (Lipinski definition) is 0. The molecule has 1 amide bonds. The molecule has 0 atom stereocenters. The smallest absolute Gasteiger partial charge is 0.246 e. The van der Waals surface area contributed by atoms with E-state index in [4.69, 9.17) is 16.3 Å². The van der Waals surface area contributed by atoms with Crippen LogP contribution < -0.4 is 4.74 Å². The lowest BCUT2D eigenvalue weighted by Gasteiger charge is -2.14. The van der Waals surface area contributed by atoms with Crippen LogP contribution in [0.3, 0.4) is 0 Å². The molecule has 0 aliphatic heterocycles. The summed E-state index contributed by atoms with van der Waals surface area (Å²) in [6, 6.07) is 5.25. The molecule has 0 fully saturated rings. The SMILES string of the molecule is COc1ccc(Cl)cc1/C=C/C(=O)N(C)CCn1cncn1. The summed E-state index contributed by atoms with van der Waals surface area (Å²) in [6.07, 6.45) is 6.27. The van der Waals surface area contributed by atoms with Crippen molar-refractivity contribution in [2.45, 2.75) is 6.54 Å². The van der Waals surface area contributed by atoms with Gasteiger partial charge in [-0.05, 0) is 24.3 Å². The Labute approximate surface area is 134 Å². The molecule has 0 radical (unpaired) electrons. The van der Waals surface area contributed by atoms with Gasteiger partial charge in [0.2, 0.25) is 5.91 Å². The van der Waals surface area contributed by atoms with E-state index in [1.807, 2.05) is 0 Å². The molecule has 116 valence electrons. The van der Waals surface area contributed by atoms with Gasteiger partial charge in [0.05, 0.1) is 13.7 Å². The van der Waals surface area contributed by atoms with Gasteiger partial charge in [0.25, 0.3) is 0 Å². The van der Waals surface area contributed by atoms with Crippen LogP contribution >= 0.6 is 11.6 Å². The number of likely N-dealkylation sites (N-methyl/N-ethyl adjacent to an activating group) is 1. The van der Waals surface area contributed by atoms with Crippen molar-refractivity contribution >= 4 is 23.6 Å². The maximum absolute atomic E-state index is 12.1. The molecule has 7 heteroatoms. The van der Waals surface area contributed by atoms with E-state index in [0.29, 0.717) is 23.9 Å². The van der Waals surface area contributed by atoms with Crippen LogP contribution in [0.5, 0.6) is 5.75 Å². The van der Waals surface area contributed by atoms with Crippen LogP contribution in [-0.2, 0) is 11.3 Å². The van der Waals surface area contributed by atoms with Gasteiger partial charge in [-0.25, -0.2) is 4.98 Å². The maximum atomic E-state index is 12.1. The Kier molecular flexibility index (Phi) is 5.55. The van der Waals surface area contributed by atoms with Crippen LogP contribution in [0.2, 0.25) is 5.02 Å². The van der Waals surface area contributed by atoms with Gasteiger partial charge >= 0.3 is 0 Å². The fraction of sp³-hybridized carbons (Fsp3) is 0.267. The van der Waals surface area contributed by atoms with Crippen LogP contribution in [0.4, 0.5) is 0 Å². The second-order valence-corrected chi connectivity index (χ2v) is 5.07. The highest BCUT2D eigenvalue weighted by Crippen LogP contribution is 2.23. The van der Waals surface area contributed by atoms with Crippen LogP contribution in [0.1, 0.15) is 5.56 Å². The van der Waals surface area contributed by atoms with Crippen molar-refractivity contribution in [2.24, 2.45) is 0 Å². The topological polar surface area (TPSA) is 60.2 Å². The summed E-state index contributed by atoms with van der Waals surface area (Å²) < 4.78 is 6.91. The van der Waals surface area contributed by atoms with Gasteiger partial charge in [0.1, 0.15) is 18.4 Å². The summed E-state index contributed by atoms with van der Waals surface area (Å²) in [5, 5.41) is 4.58. The van der Waals surface area contributed by atoms with Crippen molar-refractivity contribution in [3.63, 3.8) is 0 Å². The summed E-state index contributed by atoms with van der Waals surface area (Å²) >= 11 is 5.96. The van der Waals surface area contributed by atoms with Crippen molar-refractivity contribution in [3.05, 3.63) is 47.5 Å². The normalized spacial score (nSPS) is 10.9. The number of hydrogen-bond acceptors (Lipinski definition) is 4. The third-order valence-electron chi connectivity index (χ3n) is 3.10.